The van der Waals surface area contributed by atoms with Gasteiger partial charge < -0.3 is 9.84 Å². The van der Waals surface area contributed by atoms with Gasteiger partial charge in [-0.1, -0.05) is 54.5 Å². The number of rotatable bonds is 7. The molecule has 0 saturated carbocycles. The standard InChI is InChI=1S/C21H19F2N5O/c1-2-8-16-25-20(28-29-16)17(13-9-4-3-5-10-13)26-19-14-11-6-7-12-15(14)24-21(27-19)18(22)23/h3-7,9-12,17-18H,2,8H2,1H3,(H,24,26,27)/t17-/m0/s1. The van der Waals surface area contributed by atoms with Gasteiger partial charge in [-0.15, -0.1) is 0 Å². The van der Waals surface area contributed by atoms with Crippen molar-refractivity contribution in [2.75, 3.05) is 5.32 Å². The van der Waals surface area contributed by atoms with Crippen LogP contribution in [0.15, 0.2) is 59.1 Å². The van der Waals surface area contributed by atoms with Crippen LogP contribution in [0.5, 0.6) is 0 Å². The van der Waals surface area contributed by atoms with Gasteiger partial charge in [0.15, 0.2) is 11.6 Å². The molecule has 1 N–H and O–H groups in total. The van der Waals surface area contributed by atoms with Crippen molar-refractivity contribution >= 4 is 16.7 Å². The number of para-hydroxylation sites is 1. The number of halogens is 2. The Balaban J connectivity index is 1.80. The number of aromatic nitrogens is 4. The second kappa shape index (κ2) is 8.30. The summed E-state index contributed by atoms with van der Waals surface area (Å²) in [7, 11) is 0. The summed E-state index contributed by atoms with van der Waals surface area (Å²) in [6.45, 7) is 2.02. The first-order chi connectivity index (χ1) is 14.2. The number of aryl methyl sites for hydroxylation is 1. The average molecular weight is 395 g/mol. The summed E-state index contributed by atoms with van der Waals surface area (Å²) in [4.78, 5) is 12.5. The number of hydrogen-bond acceptors (Lipinski definition) is 6. The molecule has 0 amide bonds. The van der Waals surface area contributed by atoms with Crippen LogP contribution in [0.25, 0.3) is 10.9 Å². The minimum Gasteiger partial charge on any atom is -0.355 e. The molecule has 2 aromatic heterocycles. The molecular weight excluding hydrogens is 376 g/mol. The lowest BCUT2D eigenvalue weighted by molar-refractivity contribution is 0.141. The van der Waals surface area contributed by atoms with Crippen molar-refractivity contribution in [3.63, 3.8) is 0 Å². The third-order valence-electron chi connectivity index (χ3n) is 4.44. The van der Waals surface area contributed by atoms with Gasteiger partial charge in [-0.25, -0.2) is 18.7 Å². The van der Waals surface area contributed by atoms with Gasteiger partial charge in [0.2, 0.25) is 5.89 Å². The van der Waals surface area contributed by atoms with E-state index in [2.05, 4.69) is 25.4 Å². The second-order valence-electron chi connectivity index (χ2n) is 6.53. The van der Waals surface area contributed by atoms with Crippen molar-refractivity contribution in [2.45, 2.75) is 32.2 Å². The third-order valence-corrected chi connectivity index (χ3v) is 4.44. The van der Waals surface area contributed by atoms with Crippen LogP contribution in [0.3, 0.4) is 0 Å². The number of hydrogen-bond donors (Lipinski definition) is 1. The maximum Gasteiger partial charge on any atom is 0.297 e. The van der Waals surface area contributed by atoms with Crippen molar-refractivity contribution < 1.29 is 13.3 Å². The number of nitrogens with zero attached hydrogens (tertiary/aromatic N) is 4. The third kappa shape index (κ3) is 4.06. The molecule has 0 fully saturated rings. The van der Waals surface area contributed by atoms with Crippen LogP contribution < -0.4 is 5.32 Å². The first-order valence-corrected chi connectivity index (χ1v) is 9.34. The highest BCUT2D eigenvalue weighted by Gasteiger charge is 2.23. The number of fused-ring (bicyclic) bond motifs is 1. The zero-order valence-electron chi connectivity index (χ0n) is 15.7. The largest absolute Gasteiger partial charge is 0.355 e. The van der Waals surface area contributed by atoms with Crippen LogP contribution in [-0.2, 0) is 6.42 Å². The van der Waals surface area contributed by atoms with Gasteiger partial charge in [-0.2, -0.15) is 4.98 Å². The second-order valence-corrected chi connectivity index (χ2v) is 6.53. The highest BCUT2D eigenvalue weighted by atomic mass is 19.3. The minimum absolute atomic E-state index is 0.293. The van der Waals surface area contributed by atoms with Crippen LogP contribution >= 0.6 is 0 Å². The lowest BCUT2D eigenvalue weighted by Gasteiger charge is -2.18. The summed E-state index contributed by atoms with van der Waals surface area (Å²) in [5.74, 6) is 0.714. The number of benzene rings is 2. The van der Waals surface area contributed by atoms with E-state index in [1.807, 2.05) is 43.3 Å². The first-order valence-electron chi connectivity index (χ1n) is 9.34. The summed E-state index contributed by atoms with van der Waals surface area (Å²) in [6.07, 6.45) is -1.24. The van der Waals surface area contributed by atoms with E-state index in [9.17, 15) is 8.78 Å². The summed E-state index contributed by atoms with van der Waals surface area (Å²) in [5, 5.41) is 7.98. The molecule has 4 aromatic rings. The Morgan fingerprint density at radius 1 is 0.931 bits per heavy atom. The fraction of sp³-hybridized carbons (Fsp3) is 0.238. The Morgan fingerprint density at radius 3 is 2.45 bits per heavy atom. The van der Waals surface area contributed by atoms with E-state index in [1.165, 1.54) is 0 Å². The molecular formula is C21H19F2N5O. The van der Waals surface area contributed by atoms with E-state index in [1.54, 1.807) is 18.2 Å². The van der Waals surface area contributed by atoms with Crippen molar-refractivity contribution in [3.05, 3.63) is 77.7 Å². The maximum atomic E-state index is 13.4. The predicted octanol–water partition coefficient (Wildman–Crippen LogP) is 5.10. The van der Waals surface area contributed by atoms with Crippen LogP contribution in [-0.4, -0.2) is 20.1 Å². The van der Waals surface area contributed by atoms with Gasteiger partial charge in [-0.3, -0.25) is 0 Å². The van der Waals surface area contributed by atoms with Gasteiger partial charge in [0.25, 0.3) is 6.43 Å². The van der Waals surface area contributed by atoms with Gasteiger partial charge in [0.05, 0.1) is 5.52 Å². The first kappa shape index (κ1) is 18.9. The van der Waals surface area contributed by atoms with Gasteiger partial charge in [0.1, 0.15) is 11.9 Å². The van der Waals surface area contributed by atoms with Gasteiger partial charge in [0, 0.05) is 11.8 Å². The SMILES string of the molecule is CCCc1nc([C@@H](Nc2nc(C(F)F)nc3ccccc23)c2ccccc2)no1. The predicted molar refractivity (Wildman–Crippen MR) is 105 cm³/mol. The summed E-state index contributed by atoms with van der Waals surface area (Å²) in [6, 6.07) is 16.0. The zero-order valence-corrected chi connectivity index (χ0v) is 15.7. The zero-order chi connectivity index (χ0) is 20.2. The number of alkyl halides is 2. The summed E-state index contributed by atoms with van der Waals surface area (Å²) < 4.78 is 32.0. The van der Waals surface area contributed by atoms with Crippen molar-refractivity contribution in [2.24, 2.45) is 0 Å². The molecule has 0 radical (unpaired) electrons. The molecule has 0 spiro atoms. The molecule has 148 valence electrons. The Hall–Kier alpha value is -3.42. The van der Waals surface area contributed by atoms with Crippen molar-refractivity contribution in [1.29, 1.82) is 0 Å². The molecule has 0 bridgehead atoms. The van der Waals surface area contributed by atoms with Crippen LogP contribution in [0.4, 0.5) is 14.6 Å². The van der Waals surface area contributed by atoms with Crippen LogP contribution in [0, 0.1) is 0 Å². The Morgan fingerprint density at radius 2 is 1.69 bits per heavy atom. The Bertz CT molecular complexity index is 1100. The van der Waals surface area contributed by atoms with E-state index in [-0.39, 0.29) is 0 Å². The highest BCUT2D eigenvalue weighted by molar-refractivity contribution is 5.89. The molecule has 1 atom stereocenters. The van der Waals surface area contributed by atoms with E-state index >= 15 is 0 Å². The molecule has 0 unspecified atom stereocenters. The van der Waals surface area contributed by atoms with E-state index in [0.717, 1.165) is 12.0 Å². The fourth-order valence-corrected chi connectivity index (χ4v) is 3.08. The Labute approximate surface area is 166 Å². The van der Waals surface area contributed by atoms with E-state index in [0.29, 0.717) is 34.9 Å². The fourth-order valence-electron chi connectivity index (χ4n) is 3.08. The highest BCUT2D eigenvalue weighted by Crippen LogP contribution is 2.30. The molecule has 4 rings (SSSR count). The van der Waals surface area contributed by atoms with E-state index < -0.39 is 18.3 Å². The maximum absolute atomic E-state index is 13.4. The topological polar surface area (TPSA) is 76.7 Å². The van der Waals surface area contributed by atoms with Gasteiger partial charge >= 0.3 is 0 Å². The molecule has 8 heteroatoms. The lowest BCUT2D eigenvalue weighted by Crippen LogP contribution is -2.16. The van der Waals surface area contributed by atoms with E-state index in [4.69, 9.17) is 4.52 Å². The van der Waals surface area contributed by atoms with Crippen molar-refractivity contribution in [1.82, 2.24) is 20.1 Å². The molecule has 0 saturated heterocycles. The molecule has 29 heavy (non-hydrogen) atoms. The Kier molecular flexibility index (Phi) is 5.41. The summed E-state index contributed by atoms with van der Waals surface area (Å²) >= 11 is 0. The van der Waals surface area contributed by atoms with Crippen LogP contribution in [0.1, 0.15) is 48.9 Å². The van der Waals surface area contributed by atoms with Crippen molar-refractivity contribution in [3.8, 4) is 0 Å². The lowest BCUT2D eigenvalue weighted by atomic mass is 10.1. The molecule has 0 aliphatic rings. The number of anilines is 1. The smallest absolute Gasteiger partial charge is 0.297 e. The quantitative estimate of drug-likeness (QED) is 0.469. The molecule has 0 aliphatic carbocycles. The molecule has 2 aromatic carbocycles. The van der Waals surface area contributed by atoms with Gasteiger partial charge in [-0.05, 0) is 24.1 Å². The molecule has 0 aliphatic heterocycles. The monoisotopic (exact) mass is 395 g/mol. The molecule has 2 heterocycles. The average Bonchev–Trinajstić information content (AvgIpc) is 3.21. The summed E-state index contributed by atoms with van der Waals surface area (Å²) in [5.41, 5.74) is 1.30. The normalized spacial score (nSPS) is 12.4. The molecule has 6 nitrogen and oxygen atoms in total. The van der Waals surface area contributed by atoms with Crippen LogP contribution in [0.2, 0.25) is 0 Å². The minimum atomic E-state index is -2.78. The number of nitrogens with one attached hydrogen (secondary N) is 1.